The molecule has 0 N–H and O–H groups in total. The monoisotopic (exact) mass is 186 g/mol. The average molecular weight is 186 g/mol. The van der Waals surface area contributed by atoms with Crippen molar-refractivity contribution in [1.29, 1.82) is 0 Å². The minimum atomic E-state index is 0.683. The highest BCUT2D eigenvalue weighted by Crippen LogP contribution is 2.10. The summed E-state index contributed by atoms with van der Waals surface area (Å²) < 4.78 is 0. The van der Waals surface area contributed by atoms with Gasteiger partial charge >= 0.3 is 0 Å². The van der Waals surface area contributed by atoms with Crippen LogP contribution < -0.4 is 0 Å². The Labute approximate surface area is 84.7 Å². The maximum absolute atomic E-state index is 4.22. The van der Waals surface area contributed by atoms with E-state index < -0.39 is 0 Å². The van der Waals surface area contributed by atoms with E-state index in [-0.39, 0.29) is 0 Å². The van der Waals surface area contributed by atoms with E-state index in [1.807, 2.05) is 44.3 Å². The summed E-state index contributed by atoms with van der Waals surface area (Å²) in [5, 5.41) is 0. The third kappa shape index (κ3) is 2.98. The molecule has 0 amide bonds. The molecule has 0 unspecified atom stereocenters. The van der Waals surface area contributed by atoms with E-state index in [2.05, 4.69) is 16.6 Å². The van der Waals surface area contributed by atoms with Gasteiger partial charge in [-0.3, -0.25) is 9.98 Å². The fraction of sp³-hybridized carbons (Fsp3) is 0.167. The molecule has 1 rings (SSSR count). The van der Waals surface area contributed by atoms with Crippen molar-refractivity contribution < 1.29 is 0 Å². The topological polar surface area (TPSA) is 25.2 Å². The number of nitrogens with zero attached hydrogens (tertiary/aromatic N) is 2. The molecule has 2 heteroatoms. The predicted octanol–water partition coefficient (Wildman–Crippen LogP) is 3.01. The standard InChI is InChI=1S/C12H14N2/c1-4-5-8-13-11(3)12-7-6-10(2)9-14-12/h4-9H,3H2,1-2H3/b5-4-,13-8-. The molecule has 0 fully saturated rings. The molecular formula is C12H14N2. The van der Waals surface area contributed by atoms with E-state index in [1.54, 1.807) is 6.21 Å². The zero-order chi connectivity index (χ0) is 10.4. The number of rotatable bonds is 3. The van der Waals surface area contributed by atoms with Crippen LogP contribution in [0.1, 0.15) is 18.2 Å². The Kier molecular flexibility index (Phi) is 3.80. The third-order valence-electron chi connectivity index (χ3n) is 1.72. The van der Waals surface area contributed by atoms with Crippen molar-refractivity contribution in [3.05, 3.63) is 48.3 Å². The van der Waals surface area contributed by atoms with E-state index >= 15 is 0 Å². The Morgan fingerprint density at radius 2 is 2.29 bits per heavy atom. The molecule has 0 saturated heterocycles. The van der Waals surface area contributed by atoms with Gasteiger partial charge in [-0.2, -0.15) is 0 Å². The first-order valence-electron chi connectivity index (χ1n) is 4.51. The number of aryl methyl sites for hydroxylation is 1. The zero-order valence-electron chi connectivity index (χ0n) is 8.57. The lowest BCUT2D eigenvalue weighted by atomic mass is 10.2. The highest BCUT2D eigenvalue weighted by atomic mass is 14.8. The molecule has 2 nitrogen and oxygen atoms in total. The van der Waals surface area contributed by atoms with Crippen LogP contribution in [-0.4, -0.2) is 11.2 Å². The van der Waals surface area contributed by atoms with Crippen molar-refractivity contribution in [2.75, 3.05) is 0 Å². The molecule has 14 heavy (non-hydrogen) atoms. The van der Waals surface area contributed by atoms with Crippen LogP contribution in [-0.2, 0) is 0 Å². The molecule has 0 saturated carbocycles. The Bertz CT molecular complexity index is 358. The molecule has 1 aromatic rings. The molecule has 0 atom stereocenters. The van der Waals surface area contributed by atoms with E-state index in [4.69, 9.17) is 0 Å². The lowest BCUT2D eigenvalue weighted by Crippen LogP contribution is -1.86. The minimum Gasteiger partial charge on any atom is -0.255 e. The summed E-state index contributed by atoms with van der Waals surface area (Å²) in [4.78, 5) is 8.36. The Hall–Kier alpha value is -1.70. The molecule has 1 aromatic heterocycles. The molecule has 72 valence electrons. The SMILES string of the molecule is C=C(/N=C\C=C/C)c1ccc(C)cn1. The molecular weight excluding hydrogens is 172 g/mol. The summed E-state index contributed by atoms with van der Waals surface area (Å²) in [5.41, 5.74) is 2.64. The van der Waals surface area contributed by atoms with Crippen LogP contribution in [0, 0.1) is 6.92 Å². The van der Waals surface area contributed by atoms with Gasteiger partial charge in [-0.05, 0) is 31.6 Å². The van der Waals surface area contributed by atoms with Crippen molar-refractivity contribution in [3.8, 4) is 0 Å². The van der Waals surface area contributed by atoms with Gasteiger partial charge in [0.05, 0.1) is 11.4 Å². The normalized spacial score (nSPS) is 11.3. The fourth-order valence-corrected chi connectivity index (χ4v) is 0.924. The van der Waals surface area contributed by atoms with Crippen LogP contribution >= 0.6 is 0 Å². The van der Waals surface area contributed by atoms with Gasteiger partial charge in [-0.1, -0.05) is 18.7 Å². The zero-order valence-corrected chi connectivity index (χ0v) is 8.57. The highest BCUT2D eigenvalue weighted by molar-refractivity contribution is 5.78. The van der Waals surface area contributed by atoms with Gasteiger partial charge in [-0.15, -0.1) is 0 Å². The Morgan fingerprint density at radius 1 is 1.50 bits per heavy atom. The van der Waals surface area contributed by atoms with Gasteiger partial charge in [0.2, 0.25) is 0 Å². The molecule has 0 aromatic carbocycles. The van der Waals surface area contributed by atoms with E-state index in [0.717, 1.165) is 11.3 Å². The molecule has 0 aliphatic heterocycles. The largest absolute Gasteiger partial charge is 0.255 e. The molecule has 0 aliphatic rings. The van der Waals surface area contributed by atoms with Crippen LogP contribution in [0.2, 0.25) is 0 Å². The van der Waals surface area contributed by atoms with E-state index in [0.29, 0.717) is 5.70 Å². The van der Waals surface area contributed by atoms with Crippen molar-refractivity contribution in [2.45, 2.75) is 13.8 Å². The van der Waals surface area contributed by atoms with Crippen LogP contribution in [0.4, 0.5) is 0 Å². The van der Waals surface area contributed by atoms with Crippen LogP contribution in [0.5, 0.6) is 0 Å². The van der Waals surface area contributed by atoms with Crippen LogP contribution in [0.3, 0.4) is 0 Å². The molecule has 0 radical (unpaired) electrons. The van der Waals surface area contributed by atoms with Gasteiger partial charge in [0.15, 0.2) is 0 Å². The van der Waals surface area contributed by atoms with Gasteiger partial charge in [0.25, 0.3) is 0 Å². The smallest absolute Gasteiger partial charge is 0.0880 e. The molecule has 0 aliphatic carbocycles. The van der Waals surface area contributed by atoms with Crippen LogP contribution in [0.25, 0.3) is 5.70 Å². The fourth-order valence-electron chi connectivity index (χ4n) is 0.924. The molecule has 0 spiro atoms. The van der Waals surface area contributed by atoms with Crippen molar-refractivity contribution in [1.82, 2.24) is 4.98 Å². The first-order chi connectivity index (χ1) is 6.74. The van der Waals surface area contributed by atoms with Crippen LogP contribution in [0.15, 0.2) is 42.1 Å². The van der Waals surface area contributed by atoms with Gasteiger partial charge in [-0.25, -0.2) is 0 Å². The number of hydrogen-bond donors (Lipinski definition) is 0. The maximum atomic E-state index is 4.22. The summed E-state index contributed by atoms with van der Waals surface area (Å²) >= 11 is 0. The van der Waals surface area contributed by atoms with Gasteiger partial charge in [0.1, 0.15) is 0 Å². The quantitative estimate of drug-likeness (QED) is 0.666. The number of pyridine rings is 1. The number of hydrogen-bond acceptors (Lipinski definition) is 2. The average Bonchev–Trinajstić information content (AvgIpc) is 2.19. The lowest BCUT2D eigenvalue weighted by molar-refractivity contribution is 1.22. The second-order valence-corrected chi connectivity index (χ2v) is 2.97. The summed E-state index contributed by atoms with van der Waals surface area (Å²) in [6.07, 6.45) is 7.30. The van der Waals surface area contributed by atoms with Crippen molar-refractivity contribution in [3.63, 3.8) is 0 Å². The number of aliphatic imine (C=N–C) groups is 1. The lowest BCUT2D eigenvalue weighted by Gasteiger charge is -1.98. The third-order valence-corrected chi connectivity index (χ3v) is 1.72. The van der Waals surface area contributed by atoms with E-state index in [9.17, 15) is 0 Å². The summed E-state index contributed by atoms with van der Waals surface area (Å²) in [6.45, 7) is 7.78. The first-order valence-corrected chi connectivity index (χ1v) is 4.51. The Balaban J connectivity index is 2.75. The Morgan fingerprint density at radius 3 is 2.86 bits per heavy atom. The van der Waals surface area contributed by atoms with Crippen molar-refractivity contribution in [2.24, 2.45) is 4.99 Å². The van der Waals surface area contributed by atoms with E-state index in [1.165, 1.54) is 0 Å². The second-order valence-electron chi connectivity index (χ2n) is 2.97. The maximum Gasteiger partial charge on any atom is 0.0880 e. The summed E-state index contributed by atoms with van der Waals surface area (Å²) in [6, 6.07) is 3.92. The van der Waals surface area contributed by atoms with Gasteiger partial charge in [0, 0.05) is 12.4 Å². The number of aromatic nitrogens is 1. The summed E-state index contributed by atoms with van der Waals surface area (Å²) in [7, 11) is 0. The molecule has 0 bridgehead atoms. The molecule has 1 heterocycles. The summed E-state index contributed by atoms with van der Waals surface area (Å²) in [5.74, 6) is 0. The highest BCUT2D eigenvalue weighted by Gasteiger charge is 1.95. The second kappa shape index (κ2) is 5.12. The minimum absolute atomic E-state index is 0.683. The predicted molar refractivity (Wildman–Crippen MR) is 61.3 cm³/mol. The van der Waals surface area contributed by atoms with Crippen molar-refractivity contribution >= 4 is 11.9 Å². The van der Waals surface area contributed by atoms with Gasteiger partial charge < -0.3 is 0 Å². The first kappa shape index (κ1) is 10.4. The number of allylic oxidation sites excluding steroid dienone is 2.